The predicted molar refractivity (Wildman–Crippen MR) is 73.9 cm³/mol. The third-order valence-electron chi connectivity index (χ3n) is 3.14. The number of anilines is 1. The molecule has 1 fully saturated rings. The fourth-order valence-electron chi connectivity index (χ4n) is 1.97. The number of halogens is 1. The van der Waals surface area contributed by atoms with Crippen LogP contribution in [0.25, 0.3) is 0 Å². The summed E-state index contributed by atoms with van der Waals surface area (Å²) in [5, 5.41) is 13.8. The van der Waals surface area contributed by atoms with Crippen LogP contribution >= 0.6 is 0 Å². The highest BCUT2D eigenvalue weighted by Crippen LogP contribution is 2.32. The minimum Gasteiger partial charge on any atom is -0.491 e. The summed E-state index contributed by atoms with van der Waals surface area (Å²) in [6.45, 7) is 2.08. The van der Waals surface area contributed by atoms with Gasteiger partial charge in [-0.15, -0.1) is 0 Å². The number of carboxylic acid groups (broad SMARTS) is 1. The van der Waals surface area contributed by atoms with E-state index in [4.69, 9.17) is 9.84 Å². The first-order valence-corrected chi connectivity index (χ1v) is 6.74. The van der Waals surface area contributed by atoms with Crippen molar-refractivity contribution in [3.8, 4) is 5.75 Å². The molecule has 1 aliphatic carbocycles. The first-order valence-electron chi connectivity index (χ1n) is 6.74. The van der Waals surface area contributed by atoms with E-state index in [0.717, 1.165) is 18.9 Å². The van der Waals surface area contributed by atoms with E-state index >= 15 is 0 Å². The van der Waals surface area contributed by atoms with E-state index in [1.54, 1.807) is 6.92 Å². The minimum absolute atomic E-state index is 0.0229. The molecule has 114 valence electrons. The Hall–Kier alpha value is -2.31. The fraction of sp³-hybridized carbons (Fsp3) is 0.429. The number of carbonyl (C=O) groups is 2. The summed E-state index contributed by atoms with van der Waals surface area (Å²) in [5.74, 6) is -1.58. The Balaban J connectivity index is 1.95. The molecule has 2 amide bonds. The third kappa shape index (κ3) is 4.08. The number of carbonyl (C=O) groups excluding carboxylic acids is 1. The highest BCUT2D eigenvalue weighted by Gasteiger charge is 2.37. The van der Waals surface area contributed by atoms with Gasteiger partial charge in [-0.05, 0) is 37.8 Å². The van der Waals surface area contributed by atoms with E-state index in [2.05, 4.69) is 10.6 Å². The molecule has 21 heavy (non-hydrogen) atoms. The van der Waals surface area contributed by atoms with Gasteiger partial charge < -0.3 is 20.5 Å². The van der Waals surface area contributed by atoms with Crippen molar-refractivity contribution in [3.05, 3.63) is 24.0 Å². The second-order valence-electron chi connectivity index (χ2n) is 4.83. The Kier molecular flexibility index (Phi) is 4.62. The van der Waals surface area contributed by atoms with Crippen LogP contribution in [0.1, 0.15) is 19.8 Å². The summed E-state index contributed by atoms with van der Waals surface area (Å²) < 4.78 is 18.7. The maximum absolute atomic E-state index is 13.6. The number of aliphatic carboxylic acids is 1. The Bertz CT molecular complexity index is 546. The van der Waals surface area contributed by atoms with Gasteiger partial charge >= 0.3 is 12.0 Å². The Morgan fingerprint density at radius 2 is 2.19 bits per heavy atom. The lowest BCUT2D eigenvalue weighted by molar-refractivity contribution is -0.139. The highest BCUT2D eigenvalue weighted by molar-refractivity contribution is 5.92. The molecule has 0 saturated heterocycles. The zero-order chi connectivity index (χ0) is 15.4. The zero-order valence-electron chi connectivity index (χ0n) is 11.6. The third-order valence-corrected chi connectivity index (χ3v) is 3.14. The number of ether oxygens (including phenoxy) is 1. The molecule has 3 N–H and O–H groups in total. The number of rotatable bonds is 6. The lowest BCUT2D eigenvalue weighted by atomic mass is 10.2. The predicted octanol–water partition coefficient (Wildman–Crippen LogP) is 2.21. The Morgan fingerprint density at radius 3 is 2.71 bits per heavy atom. The maximum atomic E-state index is 13.6. The molecule has 7 heteroatoms. The van der Waals surface area contributed by atoms with Crippen LogP contribution in [0.2, 0.25) is 0 Å². The number of hydrogen-bond acceptors (Lipinski definition) is 3. The molecule has 2 rings (SSSR count). The minimum atomic E-state index is -1.06. The summed E-state index contributed by atoms with van der Waals surface area (Å²) in [6.07, 6.45) is 1.57. The number of benzene rings is 1. The lowest BCUT2D eigenvalue weighted by Crippen LogP contribution is -2.44. The van der Waals surface area contributed by atoms with Gasteiger partial charge in [-0.3, -0.25) is 0 Å². The number of nitrogens with one attached hydrogen (secondary N) is 2. The second-order valence-corrected chi connectivity index (χ2v) is 4.83. The summed E-state index contributed by atoms with van der Waals surface area (Å²) in [4.78, 5) is 22.8. The average Bonchev–Trinajstić information content (AvgIpc) is 3.23. The van der Waals surface area contributed by atoms with Gasteiger partial charge in [0.05, 0.1) is 6.61 Å². The summed E-state index contributed by atoms with van der Waals surface area (Å²) >= 11 is 0. The summed E-state index contributed by atoms with van der Waals surface area (Å²) in [7, 11) is 0. The van der Waals surface area contributed by atoms with Crippen molar-refractivity contribution < 1.29 is 23.8 Å². The smallest absolute Gasteiger partial charge is 0.326 e. The molecule has 0 spiro atoms. The van der Waals surface area contributed by atoms with Crippen molar-refractivity contribution in [1.29, 1.82) is 0 Å². The van der Waals surface area contributed by atoms with E-state index in [9.17, 15) is 14.0 Å². The SMILES string of the molecule is CCOc1ccc(NC(=O)NC(C(=O)O)C2CC2)cc1F. The number of urea groups is 1. The molecule has 0 aliphatic heterocycles. The number of carboxylic acids is 1. The normalized spacial score (nSPS) is 15.1. The van der Waals surface area contributed by atoms with Crippen LogP contribution in [-0.2, 0) is 4.79 Å². The van der Waals surface area contributed by atoms with Crippen molar-refractivity contribution in [3.63, 3.8) is 0 Å². The van der Waals surface area contributed by atoms with Crippen LogP contribution in [0.3, 0.4) is 0 Å². The van der Waals surface area contributed by atoms with E-state index < -0.39 is 23.9 Å². The van der Waals surface area contributed by atoms with Gasteiger partial charge in [-0.2, -0.15) is 0 Å². The van der Waals surface area contributed by atoms with Crippen LogP contribution in [0.4, 0.5) is 14.9 Å². The van der Waals surface area contributed by atoms with Crippen LogP contribution < -0.4 is 15.4 Å². The van der Waals surface area contributed by atoms with Crippen molar-refractivity contribution >= 4 is 17.7 Å². The van der Waals surface area contributed by atoms with Gasteiger partial charge in [-0.25, -0.2) is 14.0 Å². The van der Waals surface area contributed by atoms with Crippen LogP contribution in [0.5, 0.6) is 5.75 Å². The first-order chi connectivity index (χ1) is 10.0. The maximum Gasteiger partial charge on any atom is 0.326 e. The number of amides is 2. The van der Waals surface area contributed by atoms with Gasteiger partial charge in [0.15, 0.2) is 11.6 Å². The van der Waals surface area contributed by atoms with Gasteiger partial charge in [-0.1, -0.05) is 0 Å². The lowest BCUT2D eigenvalue weighted by Gasteiger charge is -2.14. The van der Waals surface area contributed by atoms with Crippen LogP contribution in [0, 0.1) is 11.7 Å². The molecular weight excluding hydrogens is 279 g/mol. The average molecular weight is 296 g/mol. The van der Waals surface area contributed by atoms with Crippen LogP contribution in [-0.4, -0.2) is 29.8 Å². The molecule has 0 bridgehead atoms. The highest BCUT2D eigenvalue weighted by atomic mass is 19.1. The fourth-order valence-corrected chi connectivity index (χ4v) is 1.97. The van der Waals surface area contributed by atoms with Gasteiger partial charge in [0.1, 0.15) is 6.04 Å². The molecular formula is C14H17FN2O4. The molecule has 0 aromatic heterocycles. The van der Waals surface area contributed by atoms with E-state index in [0.29, 0.717) is 6.61 Å². The first kappa shape index (κ1) is 15.1. The molecule has 1 unspecified atom stereocenters. The van der Waals surface area contributed by atoms with Crippen molar-refractivity contribution in [2.75, 3.05) is 11.9 Å². The molecule has 1 aromatic carbocycles. The molecule has 0 heterocycles. The summed E-state index contributed by atoms with van der Waals surface area (Å²) in [6, 6.07) is 2.44. The zero-order valence-corrected chi connectivity index (χ0v) is 11.6. The summed E-state index contributed by atoms with van der Waals surface area (Å²) in [5.41, 5.74) is 0.230. The molecule has 1 saturated carbocycles. The monoisotopic (exact) mass is 296 g/mol. The second kappa shape index (κ2) is 6.43. The Labute approximate surface area is 121 Å². The van der Waals surface area contributed by atoms with Crippen molar-refractivity contribution in [2.45, 2.75) is 25.8 Å². The molecule has 0 radical (unpaired) electrons. The van der Waals surface area contributed by atoms with Gasteiger partial charge in [0, 0.05) is 11.8 Å². The van der Waals surface area contributed by atoms with Crippen molar-refractivity contribution in [2.24, 2.45) is 5.92 Å². The molecule has 1 atom stereocenters. The molecule has 1 aliphatic rings. The Morgan fingerprint density at radius 1 is 1.48 bits per heavy atom. The van der Waals surface area contributed by atoms with E-state index in [-0.39, 0.29) is 17.4 Å². The van der Waals surface area contributed by atoms with Crippen LogP contribution in [0.15, 0.2) is 18.2 Å². The van der Waals surface area contributed by atoms with Crippen molar-refractivity contribution in [1.82, 2.24) is 5.32 Å². The molecule has 1 aromatic rings. The molecule has 6 nitrogen and oxygen atoms in total. The largest absolute Gasteiger partial charge is 0.491 e. The van der Waals surface area contributed by atoms with Gasteiger partial charge in [0.25, 0.3) is 0 Å². The van der Waals surface area contributed by atoms with E-state index in [1.165, 1.54) is 12.1 Å². The van der Waals surface area contributed by atoms with E-state index in [1.807, 2.05) is 0 Å². The quantitative estimate of drug-likeness (QED) is 0.751. The standard InChI is InChI=1S/C14H17FN2O4/c1-2-21-11-6-5-9(7-10(11)15)16-14(20)17-12(13(18)19)8-3-4-8/h5-8,12H,2-4H2,1H3,(H,18,19)(H2,16,17,20). The number of hydrogen-bond donors (Lipinski definition) is 3. The topological polar surface area (TPSA) is 87.7 Å². The van der Waals surface area contributed by atoms with Gasteiger partial charge in [0.2, 0.25) is 0 Å².